The van der Waals surface area contributed by atoms with E-state index < -0.39 is 0 Å². The maximum absolute atomic E-state index is 12.5. The molecule has 1 nitrogen and oxygen atoms in total. The van der Waals surface area contributed by atoms with Gasteiger partial charge in [0.1, 0.15) is 5.82 Å². The van der Waals surface area contributed by atoms with Crippen molar-refractivity contribution < 1.29 is 4.39 Å². The summed E-state index contributed by atoms with van der Waals surface area (Å²) in [5.74, 6) is -0.184. The summed E-state index contributed by atoms with van der Waals surface area (Å²) in [5.41, 5.74) is 1.91. The lowest BCUT2D eigenvalue weighted by atomic mass is 10.2. The topological polar surface area (TPSA) is 12.0 Å². The van der Waals surface area contributed by atoms with Gasteiger partial charge in [-0.15, -0.1) is 0 Å². The van der Waals surface area contributed by atoms with Crippen molar-refractivity contribution >= 4 is 5.69 Å². The summed E-state index contributed by atoms with van der Waals surface area (Å²) >= 11 is 0. The average molecular weight is 169 g/mol. The fourth-order valence-corrected chi connectivity index (χ4v) is 0.908. The lowest BCUT2D eigenvalue weighted by molar-refractivity contribution is 0.627. The first-order chi connectivity index (χ1) is 5.74. The molecule has 0 aliphatic carbocycles. The Morgan fingerprint density at radius 2 is 1.83 bits per heavy atom. The summed E-state index contributed by atoms with van der Waals surface area (Å²) in [4.78, 5) is 0. The molecule has 1 N–H and O–H groups in total. The van der Waals surface area contributed by atoms with Crippen LogP contribution in [0.2, 0.25) is 0 Å². The van der Waals surface area contributed by atoms with Crippen molar-refractivity contribution in [2.75, 3.05) is 12.4 Å². The Morgan fingerprint density at radius 1 is 1.25 bits per heavy atom. The number of hydrogen-bond acceptors (Lipinski definition) is 1. The highest BCUT2D eigenvalue weighted by atomic mass is 19.1. The van der Waals surface area contributed by atoms with Gasteiger partial charge in [0.2, 0.25) is 0 Å². The predicted molar refractivity (Wildman–Crippen MR) is 52.0 cm³/mol. The molecule has 0 unspecified atom stereocenters. The number of anilines is 1. The fourth-order valence-electron chi connectivity index (χ4n) is 0.908. The number of nitrogens with one attached hydrogen (secondary N) is 1. The normalized spacial score (nSPS) is 8.42. The second-order valence-electron chi connectivity index (χ2n) is 2.21. The van der Waals surface area contributed by atoms with Crippen molar-refractivity contribution in [3.63, 3.8) is 0 Å². The second kappa shape index (κ2) is 5.58. The van der Waals surface area contributed by atoms with Gasteiger partial charge in [0.05, 0.1) is 0 Å². The Hall–Kier alpha value is -1.05. The molecule has 1 rings (SSSR count). The minimum Gasteiger partial charge on any atom is -0.388 e. The van der Waals surface area contributed by atoms with Gasteiger partial charge in [0.15, 0.2) is 0 Å². The van der Waals surface area contributed by atoms with Crippen molar-refractivity contribution in [1.82, 2.24) is 0 Å². The maximum atomic E-state index is 12.5. The third-order valence-electron chi connectivity index (χ3n) is 1.46. The first-order valence-electron chi connectivity index (χ1n) is 4.18. The van der Waals surface area contributed by atoms with Gasteiger partial charge in [0, 0.05) is 12.7 Å². The Balaban J connectivity index is 0.000000561. The van der Waals surface area contributed by atoms with Crippen molar-refractivity contribution in [1.29, 1.82) is 0 Å². The molecule has 2 heteroatoms. The molecule has 0 saturated heterocycles. The lowest BCUT2D eigenvalue weighted by Gasteiger charge is -2.02. The van der Waals surface area contributed by atoms with Crippen LogP contribution in [0.4, 0.5) is 10.1 Å². The smallest absolute Gasteiger partial charge is 0.123 e. The summed E-state index contributed by atoms with van der Waals surface area (Å²) in [6.45, 7) is 5.87. The summed E-state index contributed by atoms with van der Waals surface area (Å²) in [5, 5.41) is 2.96. The Morgan fingerprint density at radius 3 is 2.25 bits per heavy atom. The fraction of sp³-hybridized carbons (Fsp3) is 0.400. The number of aryl methyl sites for hydroxylation is 1. The van der Waals surface area contributed by atoms with Gasteiger partial charge in [0.25, 0.3) is 0 Å². The molecule has 0 heterocycles. The van der Waals surface area contributed by atoms with Crippen LogP contribution in [0.3, 0.4) is 0 Å². The van der Waals surface area contributed by atoms with E-state index in [0.29, 0.717) is 0 Å². The quantitative estimate of drug-likeness (QED) is 0.680. The van der Waals surface area contributed by atoms with Crippen LogP contribution in [0, 0.1) is 12.7 Å². The van der Waals surface area contributed by atoms with Crippen molar-refractivity contribution in [3.8, 4) is 0 Å². The molecule has 0 aliphatic rings. The molecule has 0 aliphatic heterocycles. The lowest BCUT2D eigenvalue weighted by Crippen LogP contribution is -1.91. The molecular weight excluding hydrogens is 153 g/mol. The number of hydrogen-bond donors (Lipinski definition) is 1. The second-order valence-corrected chi connectivity index (χ2v) is 2.21. The first-order valence-corrected chi connectivity index (χ1v) is 4.18. The zero-order valence-corrected chi connectivity index (χ0v) is 8.11. The molecule has 1 aromatic rings. The molecule has 1 aromatic carbocycles. The SMILES string of the molecule is CC.CNc1ccc(F)cc1C. The van der Waals surface area contributed by atoms with Crippen LogP contribution in [0.5, 0.6) is 0 Å². The third kappa shape index (κ3) is 2.91. The molecule has 0 radical (unpaired) electrons. The Kier molecular flexibility index (Phi) is 5.09. The summed E-state index contributed by atoms with van der Waals surface area (Å²) in [7, 11) is 1.82. The first kappa shape index (κ1) is 11.0. The van der Waals surface area contributed by atoms with E-state index in [9.17, 15) is 4.39 Å². The van der Waals surface area contributed by atoms with E-state index in [1.807, 2.05) is 27.8 Å². The summed E-state index contributed by atoms with van der Waals surface area (Å²) < 4.78 is 12.5. The van der Waals surface area contributed by atoms with Gasteiger partial charge in [-0.3, -0.25) is 0 Å². The zero-order valence-electron chi connectivity index (χ0n) is 8.11. The molecule has 0 fully saturated rings. The monoisotopic (exact) mass is 169 g/mol. The van der Waals surface area contributed by atoms with Gasteiger partial charge in [-0.2, -0.15) is 0 Å². The van der Waals surface area contributed by atoms with Gasteiger partial charge in [-0.1, -0.05) is 13.8 Å². The standard InChI is InChI=1S/C8H10FN.C2H6/c1-6-5-7(9)3-4-8(6)10-2;1-2/h3-5,10H,1-2H3;1-2H3. The van der Waals surface area contributed by atoms with Crippen LogP contribution >= 0.6 is 0 Å². The largest absolute Gasteiger partial charge is 0.388 e. The molecular formula is C10H16FN. The molecule has 0 saturated carbocycles. The van der Waals surface area contributed by atoms with Crippen LogP contribution in [0.25, 0.3) is 0 Å². The predicted octanol–water partition coefficient (Wildman–Crippen LogP) is 3.20. The zero-order chi connectivity index (χ0) is 9.56. The van der Waals surface area contributed by atoms with E-state index in [-0.39, 0.29) is 5.82 Å². The van der Waals surface area contributed by atoms with E-state index in [1.54, 1.807) is 6.07 Å². The molecule has 0 bridgehead atoms. The molecule has 0 aromatic heterocycles. The minimum atomic E-state index is -0.184. The highest BCUT2D eigenvalue weighted by Crippen LogP contribution is 2.13. The molecule has 0 spiro atoms. The molecule has 12 heavy (non-hydrogen) atoms. The van der Waals surface area contributed by atoms with Crippen LogP contribution in [-0.2, 0) is 0 Å². The number of rotatable bonds is 1. The highest BCUT2D eigenvalue weighted by molar-refractivity contribution is 5.49. The van der Waals surface area contributed by atoms with E-state index in [0.717, 1.165) is 11.3 Å². The van der Waals surface area contributed by atoms with Crippen molar-refractivity contribution in [2.45, 2.75) is 20.8 Å². The van der Waals surface area contributed by atoms with Crippen LogP contribution < -0.4 is 5.32 Å². The van der Waals surface area contributed by atoms with E-state index >= 15 is 0 Å². The van der Waals surface area contributed by atoms with Gasteiger partial charge in [-0.25, -0.2) is 4.39 Å². The van der Waals surface area contributed by atoms with Crippen LogP contribution in [0.15, 0.2) is 18.2 Å². The van der Waals surface area contributed by atoms with Gasteiger partial charge >= 0.3 is 0 Å². The Labute approximate surface area is 73.6 Å². The molecule has 0 amide bonds. The average Bonchev–Trinajstić information content (AvgIpc) is 2.08. The molecule has 68 valence electrons. The van der Waals surface area contributed by atoms with E-state index in [1.165, 1.54) is 12.1 Å². The van der Waals surface area contributed by atoms with Crippen LogP contribution in [0.1, 0.15) is 19.4 Å². The van der Waals surface area contributed by atoms with Crippen LogP contribution in [-0.4, -0.2) is 7.05 Å². The molecule has 0 atom stereocenters. The maximum Gasteiger partial charge on any atom is 0.123 e. The third-order valence-corrected chi connectivity index (χ3v) is 1.46. The van der Waals surface area contributed by atoms with Crippen molar-refractivity contribution in [3.05, 3.63) is 29.6 Å². The van der Waals surface area contributed by atoms with Gasteiger partial charge < -0.3 is 5.32 Å². The summed E-state index contributed by atoms with van der Waals surface area (Å²) in [6, 6.07) is 4.68. The minimum absolute atomic E-state index is 0.184. The van der Waals surface area contributed by atoms with E-state index in [4.69, 9.17) is 0 Å². The van der Waals surface area contributed by atoms with E-state index in [2.05, 4.69) is 5.32 Å². The number of benzene rings is 1. The summed E-state index contributed by atoms with van der Waals surface area (Å²) in [6.07, 6.45) is 0. The van der Waals surface area contributed by atoms with Gasteiger partial charge in [-0.05, 0) is 30.7 Å². The number of halogens is 1. The van der Waals surface area contributed by atoms with Crippen molar-refractivity contribution in [2.24, 2.45) is 0 Å². The highest BCUT2D eigenvalue weighted by Gasteiger charge is 1.95. The Bertz CT molecular complexity index is 233.